The smallest absolute Gasteiger partial charge is 0.0638 e. The zero-order chi connectivity index (χ0) is 13.8. The van der Waals surface area contributed by atoms with Crippen LogP contribution >= 0.6 is 0 Å². The van der Waals surface area contributed by atoms with Crippen LogP contribution in [0.25, 0.3) is 0 Å². The molecule has 0 aliphatic heterocycles. The Morgan fingerprint density at radius 3 is 2.33 bits per heavy atom. The number of hydrogen-bond donors (Lipinski definition) is 1. The standard InChI is InChI=1S/C15H32N2O/c1-12(2)8-9-17(13-6-7-13)14(11-16)10-15(3,4)18-5/h12-14H,6-11,16H2,1-5H3. The van der Waals surface area contributed by atoms with Crippen molar-refractivity contribution in [1.29, 1.82) is 0 Å². The second-order valence-corrected chi connectivity index (χ2v) is 6.71. The van der Waals surface area contributed by atoms with Gasteiger partial charge in [-0.25, -0.2) is 0 Å². The van der Waals surface area contributed by atoms with Gasteiger partial charge in [-0.05, 0) is 52.0 Å². The first-order valence-electron chi connectivity index (χ1n) is 7.40. The minimum absolute atomic E-state index is 0.0744. The van der Waals surface area contributed by atoms with E-state index in [1.807, 2.05) is 0 Å². The summed E-state index contributed by atoms with van der Waals surface area (Å²) in [6.07, 6.45) is 4.99. The highest BCUT2D eigenvalue weighted by Gasteiger charge is 2.35. The van der Waals surface area contributed by atoms with Crippen LogP contribution in [-0.4, -0.2) is 42.8 Å². The highest BCUT2D eigenvalue weighted by Crippen LogP contribution is 2.31. The van der Waals surface area contributed by atoms with Crippen LogP contribution in [0.5, 0.6) is 0 Å². The van der Waals surface area contributed by atoms with E-state index in [9.17, 15) is 0 Å². The summed E-state index contributed by atoms with van der Waals surface area (Å²) < 4.78 is 5.56. The molecule has 1 atom stereocenters. The Labute approximate surface area is 113 Å². The molecular formula is C15H32N2O. The van der Waals surface area contributed by atoms with Gasteiger partial charge in [0.1, 0.15) is 0 Å². The average Bonchev–Trinajstić information content (AvgIpc) is 3.11. The number of hydrogen-bond acceptors (Lipinski definition) is 3. The third-order valence-electron chi connectivity index (χ3n) is 4.00. The van der Waals surface area contributed by atoms with Gasteiger partial charge >= 0.3 is 0 Å². The van der Waals surface area contributed by atoms with Gasteiger partial charge in [0, 0.05) is 25.7 Å². The topological polar surface area (TPSA) is 38.5 Å². The lowest BCUT2D eigenvalue weighted by molar-refractivity contribution is -0.00942. The summed E-state index contributed by atoms with van der Waals surface area (Å²) in [4.78, 5) is 2.64. The maximum Gasteiger partial charge on any atom is 0.0638 e. The fraction of sp³-hybridized carbons (Fsp3) is 1.00. The average molecular weight is 256 g/mol. The Balaban J connectivity index is 2.57. The summed E-state index contributed by atoms with van der Waals surface area (Å²) in [5, 5.41) is 0. The van der Waals surface area contributed by atoms with Crippen molar-refractivity contribution in [3.8, 4) is 0 Å². The van der Waals surface area contributed by atoms with Crippen molar-refractivity contribution in [2.45, 2.75) is 71.1 Å². The van der Waals surface area contributed by atoms with Gasteiger partial charge in [-0.2, -0.15) is 0 Å². The summed E-state index contributed by atoms with van der Waals surface area (Å²) in [6, 6.07) is 1.25. The molecule has 1 rings (SSSR count). The maximum absolute atomic E-state index is 6.01. The van der Waals surface area contributed by atoms with Crippen molar-refractivity contribution in [1.82, 2.24) is 4.90 Å². The number of ether oxygens (including phenoxy) is 1. The first-order valence-corrected chi connectivity index (χ1v) is 7.40. The van der Waals surface area contributed by atoms with E-state index in [1.165, 1.54) is 25.8 Å². The van der Waals surface area contributed by atoms with Crippen LogP contribution in [0.4, 0.5) is 0 Å². The summed E-state index contributed by atoms with van der Waals surface area (Å²) >= 11 is 0. The van der Waals surface area contributed by atoms with Crippen molar-refractivity contribution in [3.63, 3.8) is 0 Å². The molecule has 0 spiro atoms. The predicted molar refractivity (Wildman–Crippen MR) is 77.7 cm³/mol. The molecule has 108 valence electrons. The van der Waals surface area contributed by atoms with Crippen LogP contribution in [0.1, 0.15) is 53.4 Å². The second kappa shape index (κ2) is 6.88. The molecule has 0 bridgehead atoms. The van der Waals surface area contributed by atoms with Crippen LogP contribution in [0, 0.1) is 5.92 Å². The Kier molecular flexibility index (Phi) is 6.09. The summed E-state index contributed by atoms with van der Waals surface area (Å²) in [6.45, 7) is 10.8. The minimum Gasteiger partial charge on any atom is -0.379 e. The molecule has 0 heterocycles. The Morgan fingerprint density at radius 1 is 1.33 bits per heavy atom. The van der Waals surface area contributed by atoms with Crippen LogP contribution < -0.4 is 5.73 Å². The fourth-order valence-corrected chi connectivity index (χ4v) is 2.46. The third kappa shape index (κ3) is 5.25. The zero-order valence-electron chi connectivity index (χ0n) is 12.9. The van der Waals surface area contributed by atoms with Gasteiger partial charge < -0.3 is 10.5 Å². The molecule has 1 unspecified atom stereocenters. The predicted octanol–water partition coefficient (Wildman–Crippen LogP) is 2.64. The van der Waals surface area contributed by atoms with Gasteiger partial charge in [-0.15, -0.1) is 0 Å². The lowest BCUT2D eigenvalue weighted by Gasteiger charge is -2.36. The highest BCUT2D eigenvalue weighted by molar-refractivity contribution is 4.91. The van der Waals surface area contributed by atoms with E-state index in [-0.39, 0.29) is 5.60 Å². The first-order chi connectivity index (χ1) is 8.39. The van der Waals surface area contributed by atoms with Gasteiger partial charge in [0.05, 0.1) is 5.60 Å². The molecule has 1 saturated carbocycles. The maximum atomic E-state index is 6.01. The molecule has 3 nitrogen and oxygen atoms in total. The van der Waals surface area contributed by atoms with Crippen molar-refractivity contribution >= 4 is 0 Å². The Bertz CT molecular complexity index is 237. The summed E-state index contributed by atoms with van der Waals surface area (Å²) in [5.41, 5.74) is 5.94. The minimum atomic E-state index is -0.0744. The summed E-state index contributed by atoms with van der Waals surface area (Å²) in [5.74, 6) is 0.764. The second-order valence-electron chi connectivity index (χ2n) is 6.71. The lowest BCUT2D eigenvalue weighted by Crippen LogP contribution is -2.47. The summed E-state index contributed by atoms with van der Waals surface area (Å²) in [7, 11) is 1.79. The van der Waals surface area contributed by atoms with Crippen molar-refractivity contribution in [2.24, 2.45) is 11.7 Å². The van der Waals surface area contributed by atoms with E-state index in [0.717, 1.165) is 24.9 Å². The molecule has 2 N–H and O–H groups in total. The van der Waals surface area contributed by atoms with E-state index in [4.69, 9.17) is 10.5 Å². The van der Waals surface area contributed by atoms with Crippen LogP contribution in [0.2, 0.25) is 0 Å². The fourth-order valence-electron chi connectivity index (χ4n) is 2.46. The van der Waals surface area contributed by atoms with E-state index in [0.29, 0.717) is 6.04 Å². The Morgan fingerprint density at radius 2 is 1.94 bits per heavy atom. The molecule has 18 heavy (non-hydrogen) atoms. The number of nitrogens with two attached hydrogens (primary N) is 1. The zero-order valence-corrected chi connectivity index (χ0v) is 12.9. The molecular weight excluding hydrogens is 224 g/mol. The van der Waals surface area contributed by atoms with Gasteiger partial charge in [-0.1, -0.05) is 13.8 Å². The monoisotopic (exact) mass is 256 g/mol. The molecule has 0 aromatic rings. The first kappa shape index (κ1) is 15.9. The molecule has 1 fully saturated rings. The van der Waals surface area contributed by atoms with Crippen LogP contribution in [0.15, 0.2) is 0 Å². The van der Waals surface area contributed by atoms with Crippen molar-refractivity contribution < 1.29 is 4.74 Å². The quantitative estimate of drug-likeness (QED) is 0.689. The lowest BCUT2D eigenvalue weighted by atomic mass is 9.97. The Hall–Kier alpha value is -0.120. The van der Waals surface area contributed by atoms with E-state index in [1.54, 1.807) is 7.11 Å². The molecule has 0 amide bonds. The van der Waals surface area contributed by atoms with Crippen molar-refractivity contribution in [3.05, 3.63) is 0 Å². The van der Waals surface area contributed by atoms with Crippen LogP contribution in [0.3, 0.4) is 0 Å². The van der Waals surface area contributed by atoms with Gasteiger partial charge in [0.25, 0.3) is 0 Å². The van der Waals surface area contributed by atoms with Gasteiger partial charge in [0.15, 0.2) is 0 Å². The molecule has 3 heteroatoms. The van der Waals surface area contributed by atoms with E-state index < -0.39 is 0 Å². The van der Waals surface area contributed by atoms with Crippen LogP contribution in [-0.2, 0) is 4.74 Å². The normalized spacial score (nSPS) is 18.7. The number of rotatable bonds is 9. The molecule has 0 aromatic carbocycles. The SMILES string of the molecule is COC(C)(C)CC(CN)N(CCC(C)C)C1CC1. The van der Waals surface area contributed by atoms with Crippen molar-refractivity contribution in [2.75, 3.05) is 20.2 Å². The number of methoxy groups -OCH3 is 1. The molecule has 1 aliphatic carbocycles. The number of nitrogens with zero attached hydrogens (tertiary/aromatic N) is 1. The molecule has 1 aliphatic rings. The molecule has 0 aromatic heterocycles. The third-order valence-corrected chi connectivity index (χ3v) is 4.00. The van der Waals surface area contributed by atoms with E-state index in [2.05, 4.69) is 32.6 Å². The molecule has 0 radical (unpaired) electrons. The highest BCUT2D eigenvalue weighted by atomic mass is 16.5. The largest absolute Gasteiger partial charge is 0.379 e. The van der Waals surface area contributed by atoms with E-state index >= 15 is 0 Å². The molecule has 0 saturated heterocycles. The van der Waals surface area contributed by atoms with Gasteiger partial charge in [-0.3, -0.25) is 4.90 Å². The van der Waals surface area contributed by atoms with Gasteiger partial charge in [0.2, 0.25) is 0 Å².